The Balaban J connectivity index is 1.36. The first-order valence-corrected chi connectivity index (χ1v) is 15.1. The Hall–Kier alpha value is -4.09. The number of fused-ring (bicyclic) bond motifs is 1. The lowest BCUT2D eigenvalue weighted by molar-refractivity contribution is -0.155. The van der Waals surface area contributed by atoms with Crippen LogP contribution >= 0.6 is 0 Å². The fraction of sp³-hybridized carbons (Fsp3) is 0.433. The first-order valence-electron chi connectivity index (χ1n) is 13.5. The third-order valence-electron chi connectivity index (χ3n) is 7.81. The maximum atomic E-state index is 13.9. The van der Waals surface area contributed by atoms with Crippen molar-refractivity contribution in [1.82, 2.24) is 0 Å². The summed E-state index contributed by atoms with van der Waals surface area (Å²) >= 11 is 0. The normalized spacial score (nSPS) is 25.5. The van der Waals surface area contributed by atoms with Crippen molar-refractivity contribution in [3.05, 3.63) is 65.2 Å². The molecule has 1 heterocycles. The van der Waals surface area contributed by atoms with E-state index in [1.165, 1.54) is 13.8 Å². The highest BCUT2D eigenvalue weighted by atomic mass is 32.2. The van der Waals surface area contributed by atoms with E-state index in [9.17, 15) is 40.5 Å². The monoisotopic (exact) mass is 635 g/mol. The van der Waals surface area contributed by atoms with Gasteiger partial charge in [-0.3, -0.25) is 9.59 Å². The quantitative estimate of drug-likeness (QED) is 0.183. The summed E-state index contributed by atoms with van der Waals surface area (Å²) in [6.07, 6.45) is -6.55. The number of carbonyl (C=O) groups is 3. The van der Waals surface area contributed by atoms with Gasteiger partial charge in [-0.1, -0.05) is 30.0 Å². The minimum atomic E-state index is -4.82. The zero-order valence-electron chi connectivity index (χ0n) is 23.3. The standard InChI is InChI=1S/C30H27F3O10S/c1-29(2,11-10-16-6-4-3-5-7-16)43-21-14-17(8-9-20(21)30(31,32)33)26(34)41-24-18-15-19-23(28(36)42-25(19)24)22(18)27(35)40-12-13-44(37,38)39/h3-9,14,18-19,22-25H,12-13,15H2,1-2H3,(H,37,38,39)/p-1. The topological polar surface area (TPSA) is 145 Å². The summed E-state index contributed by atoms with van der Waals surface area (Å²) in [5, 5.41) is 0. The first kappa shape index (κ1) is 31.3. The molecule has 2 saturated carbocycles. The number of esters is 3. The summed E-state index contributed by atoms with van der Waals surface area (Å²) in [5.41, 5.74) is -2.21. The number of hydrogen-bond donors (Lipinski definition) is 0. The summed E-state index contributed by atoms with van der Waals surface area (Å²) < 4.78 is 95.8. The van der Waals surface area contributed by atoms with Crippen molar-refractivity contribution >= 4 is 28.0 Å². The maximum absolute atomic E-state index is 13.9. The molecule has 0 spiro atoms. The highest BCUT2D eigenvalue weighted by Crippen LogP contribution is 2.59. The van der Waals surface area contributed by atoms with E-state index in [1.54, 1.807) is 30.3 Å². The van der Waals surface area contributed by atoms with Crippen LogP contribution in [0.2, 0.25) is 0 Å². The highest BCUT2D eigenvalue weighted by molar-refractivity contribution is 7.85. The molecule has 3 fully saturated rings. The summed E-state index contributed by atoms with van der Waals surface area (Å²) in [4.78, 5) is 38.6. The van der Waals surface area contributed by atoms with Gasteiger partial charge in [0.2, 0.25) is 0 Å². The summed E-state index contributed by atoms with van der Waals surface area (Å²) in [6, 6.07) is 11.2. The second kappa shape index (κ2) is 11.4. The molecule has 6 atom stereocenters. The van der Waals surface area contributed by atoms with Crippen LogP contribution in [0.3, 0.4) is 0 Å². The third-order valence-corrected chi connectivity index (χ3v) is 8.48. The molecule has 0 amide bonds. The van der Waals surface area contributed by atoms with Crippen LogP contribution in [0.25, 0.3) is 0 Å². The number of hydrogen-bond acceptors (Lipinski definition) is 10. The highest BCUT2D eigenvalue weighted by Gasteiger charge is 2.70. The van der Waals surface area contributed by atoms with Gasteiger partial charge in [-0.25, -0.2) is 13.2 Å². The lowest BCUT2D eigenvalue weighted by Gasteiger charge is -2.30. The van der Waals surface area contributed by atoms with E-state index in [0.29, 0.717) is 11.6 Å². The second-order valence-electron chi connectivity index (χ2n) is 11.3. The molecule has 14 heteroatoms. The molecular weight excluding hydrogens is 609 g/mol. The summed E-state index contributed by atoms with van der Waals surface area (Å²) in [7, 11) is -4.65. The van der Waals surface area contributed by atoms with Crippen LogP contribution in [0, 0.1) is 35.5 Å². The number of benzene rings is 2. The number of rotatable bonds is 8. The molecule has 2 aromatic carbocycles. The van der Waals surface area contributed by atoms with Crippen LogP contribution < -0.4 is 4.74 Å². The van der Waals surface area contributed by atoms with Gasteiger partial charge in [0.25, 0.3) is 0 Å². The van der Waals surface area contributed by atoms with E-state index in [0.717, 1.165) is 12.1 Å². The molecule has 0 radical (unpaired) electrons. The van der Waals surface area contributed by atoms with E-state index in [4.69, 9.17) is 18.9 Å². The molecular formula is C30H26F3O10S-. The molecule has 1 saturated heterocycles. The second-order valence-corrected chi connectivity index (χ2v) is 12.8. The van der Waals surface area contributed by atoms with Gasteiger partial charge < -0.3 is 23.5 Å². The Labute approximate surface area is 250 Å². The summed E-state index contributed by atoms with van der Waals surface area (Å²) in [6.45, 7) is 2.23. The van der Waals surface area contributed by atoms with Crippen LogP contribution in [-0.4, -0.2) is 61.0 Å². The molecule has 5 rings (SSSR count). The molecule has 3 aliphatic rings. The van der Waals surface area contributed by atoms with E-state index in [2.05, 4.69) is 11.8 Å². The lowest BCUT2D eigenvalue weighted by Crippen LogP contribution is -2.44. The van der Waals surface area contributed by atoms with Crippen molar-refractivity contribution in [2.24, 2.45) is 23.7 Å². The molecule has 2 aliphatic carbocycles. The molecule has 2 aromatic rings. The number of alkyl halides is 3. The Kier molecular flexibility index (Phi) is 8.15. The van der Waals surface area contributed by atoms with Crippen molar-refractivity contribution in [3.8, 4) is 17.6 Å². The molecule has 1 aliphatic heterocycles. The van der Waals surface area contributed by atoms with Gasteiger partial charge in [-0.2, -0.15) is 13.2 Å². The van der Waals surface area contributed by atoms with Gasteiger partial charge in [0, 0.05) is 17.4 Å². The first-order chi connectivity index (χ1) is 20.5. The average molecular weight is 636 g/mol. The lowest BCUT2D eigenvalue weighted by atomic mass is 9.78. The molecule has 0 N–H and O–H groups in total. The van der Waals surface area contributed by atoms with Crippen LogP contribution in [-0.2, 0) is 40.1 Å². The van der Waals surface area contributed by atoms with Crippen molar-refractivity contribution in [2.75, 3.05) is 12.4 Å². The predicted molar refractivity (Wildman–Crippen MR) is 143 cm³/mol. The van der Waals surface area contributed by atoms with E-state index in [-0.39, 0.29) is 12.0 Å². The zero-order valence-corrected chi connectivity index (χ0v) is 24.1. The van der Waals surface area contributed by atoms with Crippen LogP contribution in [0.15, 0.2) is 48.5 Å². The minimum Gasteiger partial charge on any atom is -0.748 e. The smallest absolute Gasteiger partial charge is 0.419 e. The Morgan fingerprint density at radius 3 is 2.45 bits per heavy atom. The van der Waals surface area contributed by atoms with Crippen LogP contribution in [0.4, 0.5) is 13.2 Å². The van der Waals surface area contributed by atoms with Crippen molar-refractivity contribution in [1.29, 1.82) is 0 Å². The predicted octanol–water partition coefficient (Wildman–Crippen LogP) is 3.34. The van der Waals surface area contributed by atoms with Gasteiger partial charge in [0.05, 0.1) is 38.8 Å². The molecule has 6 unspecified atom stereocenters. The largest absolute Gasteiger partial charge is 0.748 e. The zero-order chi connectivity index (χ0) is 32.0. The molecule has 44 heavy (non-hydrogen) atoms. The molecule has 234 valence electrons. The number of halogens is 3. The van der Waals surface area contributed by atoms with Gasteiger partial charge in [0.1, 0.15) is 24.6 Å². The van der Waals surface area contributed by atoms with Crippen LogP contribution in [0.1, 0.15) is 41.8 Å². The fourth-order valence-electron chi connectivity index (χ4n) is 6.01. The Morgan fingerprint density at radius 2 is 1.80 bits per heavy atom. The summed E-state index contributed by atoms with van der Waals surface area (Å²) in [5.74, 6) is -1.89. The number of ether oxygens (including phenoxy) is 4. The average Bonchev–Trinajstić information content (AvgIpc) is 3.55. The molecule has 2 bridgehead atoms. The van der Waals surface area contributed by atoms with E-state index in [1.807, 2.05) is 0 Å². The van der Waals surface area contributed by atoms with Crippen LogP contribution in [0.5, 0.6) is 5.75 Å². The Bertz CT molecular complexity index is 1640. The maximum Gasteiger partial charge on any atom is 0.419 e. The van der Waals surface area contributed by atoms with E-state index < -0.39 is 99.4 Å². The van der Waals surface area contributed by atoms with E-state index >= 15 is 0 Å². The van der Waals surface area contributed by atoms with Gasteiger partial charge in [0.15, 0.2) is 5.60 Å². The van der Waals surface area contributed by atoms with Crippen molar-refractivity contribution < 1.29 is 59.5 Å². The Morgan fingerprint density at radius 1 is 1.09 bits per heavy atom. The molecule has 10 nitrogen and oxygen atoms in total. The minimum absolute atomic E-state index is 0.258. The fourth-order valence-corrected chi connectivity index (χ4v) is 6.30. The van der Waals surface area contributed by atoms with Gasteiger partial charge in [-0.05, 0) is 50.6 Å². The number of carbonyl (C=O) groups excluding carboxylic acids is 3. The van der Waals surface area contributed by atoms with Crippen molar-refractivity contribution in [3.63, 3.8) is 0 Å². The van der Waals surface area contributed by atoms with Gasteiger partial charge in [-0.15, -0.1) is 0 Å². The molecule has 0 aromatic heterocycles. The van der Waals surface area contributed by atoms with Crippen molar-refractivity contribution in [2.45, 2.75) is 44.3 Å². The third kappa shape index (κ3) is 6.53. The van der Waals surface area contributed by atoms with Gasteiger partial charge >= 0.3 is 24.1 Å². The SMILES string of the molecule is CC(C)(C#Cc1ccccc1)Oc1cc(C(=O)OC2C3CC4C2OC(=O)C4C3C(=O)OCCS(=O)(=O)[O-])ccc1C(F)(F)F.